The second-order valence-electron chi connectivity index (χ2n) is 7.42. The Morgan fingerprint density at radius 3 is 1.69 bits per heavy atom. The molecule has 0 radical (unpaired) electrons. The van der Waals surface area contributed by atoms with E-state index in [1.807, 2.05) is 0 Å². The topological polar surface area (TPSA) is 95.4 Å². The molecule has 26 heavy (non-hydrogen) atoms. The van der Waals surface area contributed by atoms with Crippen LogP contribution in [0, 0.1) is 0 Å². The van der Waals surface area contributed by atoms with Gasteiger partial charge in [-0.1, -0.05) is 71.1 Å². The largest absolute Gasteiger partial charge is 0.468 e. The maximum absolute atomic E-state index is 12.0. The van der Waals surface area contributed by atoms with Gasteiger partial charge in [0.2, 0.25) is 0 Å². The number of hydrogen-bond donors (Lipinski definition) is 2. The molecule has 0 aliphatic heterocycles. The normalized spacial score (nSPS) is 13.4. The van der Waals surface area contributed by atoms with Crippen molar-refractivity contribution < 1.29 is 14.3 Å². The molecule has 154 valence electrons. The number of methoxy groups -OCH3 is 1. The first kappa shape index (κ1) is 25.1. The Bertz CT molecular complexity index is 361. The molecule has 0 rings (SSSR count). The summed E-state index contributed by atoms with van der Waals surface area (Å²) in [6.45, 7) is 2.25. The van der Waals surface area contributed by atoms with Crippen LogP contribution < -0.4 is 11.5 Å². The summed E-state index contributed by atoms with van der Waals surface area (Å²) < 4.78 is 4.58. The fourth-order valence-electron chi connectivity index (χ4n) is 3.14. The van der Waals surface area contributed by atoms with Crippen LogP contribution in [0.3, 0.4) is 0 Å². The summed E-state index contributed by atoms with van der Waals surface area (Å²) in [7, 11) is 1.32. The summed E-state index contributed by atoms with van der Waals surface area (Å²) in [6.07, 6.45) is 16.3. The highest BCUT2D eigenvalue weighted by molar-refractivity contribution is 5.83. The molecular formula is C21H42N2O3. The van der Waals surface area contributed by atoms with Gasteiger partial charge in [0.1, 0.15) is 11.8 Å². The Labute approximate surface area is 160 Å². The summed E-state index contributed by atoms with van der Waals surface area (Å²) in [5.74, 6) is -0.279. The lowest BCUT2D eigenvalue weighted by Crippen LogP contribution is -2.33. The zero-order chi connectivity index (χ0) is 19.6. The molecule has 0 aromatic heterocycles. The third-order valence-electron chi connectivity index (χ3n) is 4.97. The van der Waals surface area contributed by atoms with E-state index in [0.29, 0.717) is 25.7 Å². The van der Waals surface area contributed by atoms with E-state index in [1.165, 1.54) is 64.9 Å². The molecular weight excluding hydrogens is 328 g/mol. The number of hydrogen-bond acceptors (Lipinski definition) is 5. The molecule has 1 unspecified atom stereocenters. The van der Waals surface area contributed by atoms with Crippen LogP contribution in [0.2, 0.25) is 0 Å². The molecule has 5 nitrogen and oxygen atoms in total. The van der Waals surface area contributed by atoms with Gasteiger partial charge in [-0.15, -0.1) is 0 Å². The minimum Gasteiger partial charge on any atom is -0.468 e. The number of carbonyl (C=O) groups is 2. The van der Waals surface area contributed by atoms with E-state index in [2.05, 4.69) is 11.7 Å². The SMILES string of the molecule is CCCCCCCCCCCCCC(=O)C(N)CCC[C@H](N)C(=O)OC. The fraction of sp³-hybridized carbons (Fsp3) is 0.905. The molecule has 0 aliphatic rings. The van der Waals surface area contributed by atoms with E-state index in [-0.39, 0.29) is 5.78 Å². The van der Waals surface area contributed by atoms with Crippen LogP contribution in [-0.2, 0) is 14.3 Å². The molecule has 0 heterocycles. The first-order valence-electron chi connectivity index (χ1n) is 10.6. The van der Waals surface area contributed by atoms with Crippen LogP contribution >= 0.6 is 0 Å². The fourth-order valence-corrected chi connectivity index (χ4v) is 3.14. The summed E-state index contributed by atoms with van der Waals surface area (Å²) in [5, 5.41) is 0. The van der Waals surface area contributed by atoms with E-state index in [4.69, 9.17) is 11.5 Å². The molecule has 0 fully saturated rings. The first-order valence-corrected chi connectivity index (χ1v) is 10.6. The van der Waals surface area contributed by atoms with Crippen molar-refractivity contribution in [1.82, 2.24) is 0 Å². The highest BCUT2D eigenvalue weighted by atomic mass is 16.5. The number of Topliss-reactive ketones (excluding diaryl/α,β-unsaturated/α-hetero) is 1. The van der Waals surface area contributed by atoms with Crippen molar-refractivity contribution in [2.45, 2.75) is 115 Å². The second kappa shape index (κ2) is 17.5. The monoisotopic (exact) mass is 370 g/mol. The van der Waals surface area contributed by atoms with Gasteiger partial charge in [0.15, 0.2) is 0 Å². The summed E-state index contributed by atoms with van der Waals surface area (Å²) in [5.41, 5.74) is 11.6. The molecule has 2 atom stereocenters. The molecule has 0 amide bonds. The summed E-state index contributed by atoms with van der Waals surface area (Å²) in [4.78, 5) is 23.2. The van der Waals surface area contributed by atoms with Crippen molar-refractivity contribution in [3.63, 3.8) is 0 Å². The van der Waals surface area contributed by atoms with Crippen molar-refractivity contribution in [3.05, 3.63) is 0 Å². The highest BCUT2D eigenvalue weighted by Crippen LogP contribution is 2.13. The van der Waals surface area contributed by atoms with Crippen molar-refractivity contribution >= 4 is 11.8 Å². The molecule has 0 aliphatic carbocycles. The van der Waals surface area contributed by atoms with Crippen molar-refractivity contribution in [3.8, 4) is 0 Å². The Morgan fingerprint density at radius 2 is 1.19 bits per heavy atom. The smallest absolute Gasteiger partial charge is 0.322 e. The maximum Gasteiger partial charge on any atom is 0.322 e. The van der Waals surface area contributed by atoms with Crippen LogP contribution in [0.1, 0.15) is 103 Å². The minimum atomic E-state index is -0.617. The third-order valence-corrected chi connectivity index (χ3v) is 4.97. The van der Waals surface area contributed by atoms with Gasteiger partial charge >= 0.3 is 5.97 Å². The van der Waals surface area contributed by atoms with Crippen molar-refractivity contribution in [2.24, 2.45) is 11.5 Å². The van der Waals surface area contributed by atoms with Crippen LogP contribution in [0.25, 0.3) is 0 Å². The highest BCUT2D eigenvalue weighted by Gasteiger charge is 2.16. The Kier molecular flexibility index (Phi) is 16.8. The molecule has 0 aromatic rings. The van der Waals surface area contributed by atoms with E-state index in [9.17, 15) is 9.59 Å². The second-order valence-corrected chi connectivity index (χ2v) is 7.42. The maximum atomic E-state index is 12.0. The van der Waals surface area contributed by atoms with Gasteiger partial charge in [0, 0.05) is 6.42 Å². The molecule has 0 spiro atoms. The van der Waals surface area contributed by atoms with E-state index in [1.54, 1.807) is 0 Å². The third kappa shape index (κ3) is 14.3. The minimum absolute atomic E-state index is 0.132. The molecule has 5 heteroatoms. The summed E-state index contributed by atoms with van der Waals surface area (Å²) in [6, 6.07) is -1.04. The molecule has 0 saturated heterocycles. The van der Waals surface area contributed by atoms with Crippen LogP contribution in [0.4, 0.5) is 0 Å². The predicted molar refractivity (Wildman–Crippen MR) is 108 cm³/mol. The van der Waals surface area contributed by atoms with Gasteiger partial charge in [-0.2, -0.15) is 0 Å². The number of nitrogens with two attached hydrogens (primary N) is 2. The zero-order valence-corrected chi connectivity index (χ0v) is 17.1. The van der Waals surface area contributed by atoms with Gasteiger partial charge in [-0.05, 0) is 25.7 Å². The average Bonchev–Trinajstić information content (AvgIpc) is 2.64. The number of ether oxygens (including phenoxy) is 1. The number of carbonyl (C=O) groups excluding carboxylic acids is 2. The lowest BCUT2D eigenvalue weighted by Gasteiger charge is -2.12. The molecule has 0 aromatic carbocycles. The van der Waals surface area contributed by atoms with Crippen LogP contribution in [0.15, 0.2) is 0 Å². The Balaban J connectivity index is 3.48. The number of rotatable bonds is 18. The predicted octanol–water partition coefficient (Wildman–Crippen LogP) is 4.25. The van der Waals surface area contributed by atoms with Gasteiger partial charge in [-0.25, -0.2) is 0 Å². The van der Waals surface area contributed by atoms with Gasteiger partial charge in [0.05, 0.1) is 13.2 Å². The van der Waals surface area contributed by atoms with Gasteiger partial charge in [0.25, 0.3) is 0 Å². The number of unbranched alkanes of at least 4 members (excludes halogenated alkanes) is 10. The summed E-state index contributed by atoms with van der Waals surface area (Å²) >= 11 is 0. The van der Waals surface area contributed by atoms with Crippen LogP contribution in [0.5, 0.6) is 0 Å². The lowest BCUT2D eigenvalue weighted by molar-refractivity contribution is -0.142. The molecule has 0 bridgehead atoms. The number of ketones is 1. The molecule has 0 saturated carbocycles. The molecule has 4 N–H and O–H groups in total. The van der Waals surface area contributed by atoms with Crippen LogP contribution in [-0.4, -0.2) is 30.9 Å². The lowest BCUT2D eigenvalue weighted by atomic mass is 9.99. The van der Waals surface area contributed by atoms with Gasteiger partial charge in [-0.3, -0.25) is 9.59 Å². The van der Waals surface area contributed by atoms with E-state index >= 15 is 0 Å². The van der Waals surface area contributed by atoms with E-state index in [0.717, 1.165) is 12.8 Å². The first-order chi connectivity index (χ1) is 12.5. The van der Waals surface area contributed by atoms with Crippen molar-refractivity contribution in [1.29, 1.82) is 0 Å². The Hall–Kier alpha value is -0.940. The van der Waals surface area contributed by atoms with E-state index < -0.39 is 18.1 Å². The zero-order valence-electron chi connectivity index (χ0n) is 17.1. The quantitative estimate of drug-likeness (QED) is 0.278. The van der Waals surface area contributed by atoms with Gasteiger partial charge < -0.3 is 16.2 Å². The number of esters is 1. The Morgan fingerprint density at radius 1 is 0.731 bits per heavy atom. The van der Waals surface area contributed by atoms with Crippen molar-refractivity contribution in [2.75, 3.05) is 7.11 Å². The average molecular weight is 371 g/mol. The standard InChI is InChI=1S/C21H42N2O3/c1-3-4-5-6-7-8-9-10-11-12-13-17-20(24)18(22)15-14-16-19(23)21(25)26-2/h18-19H,3-17,22-23H2,1-2H3/t18?,19-/m0/s1.